The summed E-state index contributed by atoms with van der Waals surface area (Å²) in [6, 6.07) is 7.15. The van der Waals surface area contributed by atoms with Crippen molar-refractivity contribution in [2.24, 2.45) is 0 Å². The molecule has 0 aliphatic heterocycles. The maximum Gasteiger partial charge on any atom is 0.264 e. The highest BCUT2D eigenvalue weighted by Crippen LogP contribution is 2.22. The van der Waals surface area contributed by atoms with Crippen LogP contribution in [0.2, 0.25) is 0 Å². The lowest BCUT2D eigenvalue weighted by atomic mass is 10.2. The lowest BCUT2D eigenvalue weighted by molar-refractivity contribution is -0.118. The molecular formula is C16H17N5O3S. The standard InChI is InChI=1S/C16H17N5O3S/c1-3-12-17-15(24-21-12)10-6-5-7-11(8-10)23-9-13(22)18-16-20-19-14(4-2)25-16/h5-8H,3-4,9H2,1-2H3,(H,18,20,22). The minimum atomic E-state index is -0.296. The van der Waals surface area contributed by atoms with Gasteiger partial charge in [0.05, 0.1) is 0 Å². The van der Waals surface area contributed by atoms with Gasteiger partial charge in [0.1, 0.15) is 10.8 Å². The van der Waals surface area contributed by atoms with Crippen molar-refractivity contribution in [2.75, 3.05) is 11.9 Å². The fourth-order valence-electron chi connectivity index (χ4n) is 1.98. The lowest BCUT2D eigenvalue weighted by Gasteiger charge is -2.06. The van der Waals surface area contributed by atoms with Crippen LogP contribution in [0.4, 0.5) is 5.13 Å². The summed E-state index contributed by atoms with van der Waals surface area (Å²) in [7, 11) is 0. The third-order valence-corrected chi connectivity index (χ3v) is 4.23. The zero-order valence-electron chi connectivity index (χ0n) is 13.9. The molecule has 0 saturated heterocycles. The molecule has 0 unspecified atom stereocenters. The number of aromatic nitrogens is 4. The molecule has 3 aromatic rings. The van der Waals surface area contributed by atoms with Crippen molar-refractivity contribution >= 4 is 22.4 Å². The van der Waals surface area contributed by atoms with Crippen LogP contribution in [0, 0.1) is 0 Å². The van der Waals surface area contributed by atoms with Crippen LogP contribution < -0.4 is 10.1 Å². The highest BCUT2D eigenvalue weighted by atomic mass is 32.1. The van der Waals surface area contributed by atoms with Crippen molar-refractivity contribution in [1.82, 2.24) is 20.3 Å². The highest BCUT2D eigenvalue weighted by molar-refractivity contribution is 7.15. The molecule has 0 fully saturated rings. The van der Waals surface area contributed by atoms with Gasteiger partial charge in [0, 0.05) is 12.0 Å². The summed E-state index contributed by atoms with van der Waals surface area (Å²) in [5.74, 6) is 1.31. The van der Waals surface area contributed by atoms with E-state index in [2.05, 4.69) is 25.7 Å². The number of ether oxygens (including phenoxy) is 1. The molecule has 1 N–H and O–H groups in total. The minimum Gasteiger partial charge on any atom is -0.484 e. The average Bonchev–Trinajstić information content (AvgIpc) is 3.29. The summed E-state index contributed by atoms with van der Waals surface area (Å²) < 4.78 is 10.7. The number of aryl methyl sites for hydroxylation is 2. The quantitative estimate of drug-likeness (QED) is 0.692. The molecule has 0 atom stereocenters. The second-order valence-corrected chi connectivity index (χ2v) is 6.15. The van der Waals surface area contributed by atoms with E-state index in [1.165, 1.54) is 11.3 Å². The number of anilines is 1. The van der Waals surface area contributed by atoms with Crippen molar-refractivity contribution in [2.45, 2.75) is 26.7 Å². The Labute approximate surface area is 148 Å². The molecule has 2 heterocycles. The molecule has 1 aromatic carbocycles. The summed E-state index contributed by atoms with van der Waals surface area (Å²) in [6.45, 7) is 3.80. The number of amides is 1. The number of nitrogens with one attached hydrogen (secondary N) is 1. The molecule has 0 radical (unpaired) electrons. The van der Waals surface area contributed by atoms with Crippen LogP contribution >= 0.6 is 11.3 Å². The van der Waals surface area contributed by atoms with Crippen LogP contribution in [0.3, 0.4) is 0 Å². The van der Waals surface area contributed by atoms with E-state index in [1.807, 2.05) is 19.9 Å². The maximum absolute atomic E-state index is 11.9. The lowest BCUT2D eigenvalue weighted by Crippen LogP contribution is -2.20. The van der Waals surface area contributed by atoms with E-state index in [-0.39, 0.29) is 12.5 Å². The monoisotopic (exact) mass is 359 g/mol. The van der Waals surface area contributed by atoms with Gasteiger partial charge in [-0.05, 0) is 24.6 Å². The van der Waals surface area contributed by atoms with Gasteiger partial charge in [-0.3, -0.25) is 10.1 Å². The fraction of sp³-hybridized carbons (Fsp3) is 0.312. The number of benzene rings is 1. The fourth-order valence-corrected chi connectivity index (χ4v) is 2.68. The van der Waals surface area contributed by atoms with E-state index in [9.17, 15) is 4.79 Å². The second-order valence-electron chi connectivity index (χ2n) is 5.09. The molecular weight excluding hydrogens is 342 g/mol. The van der Waals surface area contributed by atoms with Gasteiger partial charge in [-0.15, -0.1) is 10.2 Å². The van der Waals surface area contributed by atoms with Gasteiger partial charge in [-0.1, -0.05) is 36.4 Å². The number of hydrogen-bond donors (Lipinski definition) is 1. The van der Waals surface area contributed by atoms with Gasteiger partial charge < -0.3 is 9.26 Å². The Morgan fingerprint density at radius 3 is 2.88 bits per heavy atom. The Morgan fingerprint density at radius 1 is 1.28 bits per heavy atom. The Morgan fingerprint density at radius 2 is 2.16 bits per heavy atom. The number of rotatable bonds is 7. The zero-order chi connectivity index (χ0) is 17.6. The van der Waals surface area contributed by atoms with E-state index in [1.54, 1.807) is 18.2 Å². The molecule has 9 heteroatoms. The Hall–Kier alpha value is -2.81. The normalized spacial score (nSPS) is 10.6. The van der Waals surface area contributed by atoms with Gasteiger partial charge in [0.2, 0.25) is 5.13 Å². The summed E-state index contributed by atoms with van der Waals surface area (Å²) in [4.78, 5) is 16.2. The third kappa shape index (κ3) is 4.38. The Balaban J connectivity index is 1.59. The number of hydrogen-bond acceptors (Lipinski definition) is 8. The van der Waals surface area contributed by atoms with E-state index < -0.39 is 0 Å². The number of carbonyl (C=O) groups excluding carboxylic acids is 1. The van der Waals surface area contributed by atoms with Crippen molar-refractivity contribution in [3.63, 3.8) is 0 Å². The molecule has 25 heavy (non-hydrogen) atoms. The first-order chi connectivity index (χ1) is 12.2. The van der Waals surface area contributed by atoms with E-state index in [0.717, 1.165) is 17.0 Å². The van der Waals surface area contributed by atoms with E-state index >= 15 is 0 Å². The number of carbonyl (C=O) groups is 1. The highest BCUT2D eigenvalue weighted by Gasteiger charge is 2.11. The zero-order valence-corrected chi connectivity index (χ0v) is 14.7. The van der Waals surface area contributed by atoms with Crippen LogP contribution in [0.1, 0.15) is 24.7 Å². The maximum atomic E-state index is 11.9. The van der Waals surface area contributed by atoms with E-state index in [0.29, 0.717) is 29.0 Å². The van der Waals surface area contributed by atoms with Crippen LogP contribution in [-0.4, -0.2) is 32.9 Å². The molecule has 3 rings (SSSR count). The Bertz CT molecular complexity index is 861. The van der Waals surface area contributed by atoms with Gasteiger partial charge in [-0.25, -0.2) is 0 Å². The molecule has 8 nitrogen and oxygen atoms in total. The Kier molecular flexibility index (Phi) is 5.34. The van der Waals surface area contributed by atoms with Gasteiger partial charge in [0.25, 0.3) is 11.8 Å². The van der Waals surface area contributed by atoms with Gasteiger partial charge in [-0.2, -0.15) is 4.98 Å². The molecule has 130 valence electrons. The van der Waals surface area contributed by atoms with E-state index in [4.69, 9.17) is 9.26 Å². The first-order valence-corrected chi connectivity index (χ1v) is 8.67. The van der Waals surface area contributed by atoms with Crippen LogP contribution in [0.15, 0.2) is 28.8 Å². The van der Waals surface area contributed by atoms with Gasteiger partial charge >= 0.3 is 0 Å². The number of nitrogens with zero attached hydrogens (tertiary/aromatic N) is 4. The van der Waals surface area contributed by atoms with Crippen molar-refractivity contribution < 1.29 is 14.1 Å². The average molecular weight is 359 g/mol. The topological polar surface area (TPSA) is 103 Å². The second kappa shape index (κ2) is 7.84. The molecule has 1 amide bonds. The summed E-state index contributed by atoms with van der Waals surface area (Å²) in [6.07, 6.45) is 1.48. The molecule has 2 aromatic heterocycles. The first kappa shape index (κ1) is 17.0. The molecule has 0 aliphatic carbocycles. The van der Waals surface area contributed by atoms with Gasteiger partial charge in [0.15, 0.2) is 12.4 Å². The minimum absolute atomic E-state index is 0.130. The smallest absolute Gasteiger partial charge is 0.264 e. The van der Waals surface area contributed by atoms with Crippen molar-refractivity contribution in [3.05, 3.63) is 35.1 Å². The first-order valence-electron chi connectivity index (χ1n) is 7.86. The molecule has 0 aliphatic rings. The predicted octanol–water partition coefficient (Wildman–Crippen LogP) is 2.73. The predicted molar refractivity (Wildman–Crippen MR) is 92.5 cm³/mol. The molecule has 0 spiro atoms. The summed E-state index contributed by atoms with van der Waals surface area (Å²) in [5.41, 5.74) is 0.738. The third-order valence-electron chi connectivity index (χ3n) is 3.25. The molecule has 0 saturated carbocycles. The largest absolute Gasteiger partial charge is 0.484 e. The SMILES string of the molecule is CCc1noc(-c2cccc(OCC(=O)Nc3nnc(CC)s3)c2)n1. The van der Waals surface area contributed by atoms with Crippen LogP contribution in [-0.2, 0) is 17.6 Å². The summed E-state index contributed by atoms with van der Waals surface area (Å²) >= 11 is 1.35. The van der Waals surface area contributed by atoms with Crippen LogP contribution in [0.5, 0.6) is 5.75 Å². The van der Waals surface area contributed by atoms with Crippen molar-refractivity contribution in [1.29, 1.82) is 0 Å². The molecule has 0 bridgehead atoms. The van der Waals surface area contributed by atoms with Crippen LogP contribution in [0.25, 0.3) is 11.5 Å². The van der Waals surface area contributed by atoms with Crippen molar-refractivity contribution in [3.8, 4) is 17.2 Å². The summed E-state index contributed by atoms with van der Waals surface area (Å²) in [5, 5.41) is 15.7.